The predicted octanol–water partition coefficient (Wildman–Crippen LogP) is 2.96. The summed E-state index contributed by atoms with van der Waals surface area (Å²) in [5, 5.41) is 3.96. The summed E-state index contributed by atoms with van der Waals surface area (Å²) < 4.78 is 27.5. The Kier molecular flexibility index (Phi) is 3.67. The first-order chi connectivity index (χ1) is 12.1. The number of fused-ring (bicyclic) bond motifs is 2. The fourth-order valence-electron chi connectivity index (χ4n) is 3.17. The summed E-state index contributed by atoms with van der Waals surface area (Å²) in [4.78, 5) is 23.2. The van der Waals surface area contributed by atoms with E-state index in [0.717, 1.165) is 28.7 Å². The van der Waals surface area contributed by atoms with Crippen molar-refractivity contribution in [3.63, 3.8) is 0 Å². The summed E-state index contributed by atoms with van der Waals surface area (Å²) in [5.74, 6) is -0.303. The zero-order chi connectivity index (χ0) is 17.6. The van der Waals surface area contributed by atoms with E-state index in [1.165, 1.54) is 12.3 Å². The van der Waals surface area contributed by atoms with Gasteiger partial charge in [-0.15, -0.1) is 0 Å². The Bertz CT molecular complexity index is 969. The van der Waals surface area contributed by atoms with Crippen molar-refractivity contribution in [2.75, 3.05) is 11.4 Å². The van der Waals surface area contributed by atoms with Crippen molar-refractivity contribution >= 4 is 17.2 Å². The molecule has 0 spiro atoms. The Morgan fingerprint density at radius 3 is 3.00 bits per heavy atom. The first-order valence-corrected chi connectivity index (χ1v) is 7.95. The average Bonchev–Trinajstić information content (AvgIpc) is 3.03. The maximum Gasteiger partial charge on any atom is 0.280 e. The van der Waals surface area contributed by atoms with Crippen LogP contribution in [0.15, 0.2) is 30.6 Å². The van der Waals surface area contributed by atoms with Crippen LogP contribution >= 0.6 is 0 Å². The summed E-state index contributed by atoms with van der Waals surface area (Å²) in [6.45, 7) is 2.16. The van der Waals surface area contributed by atoms with Gasteiger partial charge in [-0.2, -0.15) is 5.10 Å². The Morgan fingerprint density at radius 1 is 1.36 bits per heavy atom. The minimum Gasteiger partial charge on any atom is -0.306 e. The molecular formula is C17H15F2N5O. The Labute approximate surface area is 142 Å². The van der Waals surface area contributed by atoms with E-state index in [1.807, 2.05) is 6.07 Å². The number of anilines is 1. The van der Waals surface area contributed by atoms with Gasteiger partial charge in [0.15, 0.2) is 5.65 Å². The van der Waals surface area contributed by atoms with Crippen LogP contribution in [0.4, 0.5) is 14.5 Å². The number of alkyl halides is 2. The van der Waals surface area contributed by atoms with Crippen LogP contribution in [0.2, 0.25) is 0 Å². The van der Waals surface area contributed by atoms with E-state index in [1.54, 1.807) is 24.1 Å². The number of carbonyl (C=O) groups is 1. The van der Waals surface area contributed by atoms with Gasteiger partial charge in [0.1, 0.15) is 11.3 Å². The Hall–Kier alpha value is -2.90. The van der Waals surface area contributed by atoms with E-state index in [-0.39, 0.29) is 22.8 Å². The SMILES string of the molecule is Cc1cc(C(F)F)n2ncc(C(=O)N3CCCc4ncccc43)c2n1. The molecule has 4 rings (SSSR count). The van der Waals surface area contributed by atoms with E-state index in [9.17, 15) is 13.6 Å². The quantitative estimate of drug-likeness (QED) is 0.718. The van der Waals surface area contributed by atoms with E-state index in [0.29, 0.717) is 12.2 Å². The first-order valence-electron chi connectivity index (χ1n) is 7.95. The van der Waals surface area contributed by atoms with Crippen LogP contribution in [-0.4, -0.2) is 32.0 Å². The van der Waals surface area contributed by atoms with Crippen LogP contribution in [0.3, 0.4) is 0 Å². The molecule has 0 aliphatic carbocycles. The molecule has 0 N–H and O–H groups in total. The van der Waals surface area contributed by atoms with Crippen molar-refractivity contribution in [3.8, 4) is 0 Å². The standard InChI is InChI=1S/C17H15F2N5O/c1-10-8-14(15(18)19)24-16(22-10)11(9-21-24)17(25)23-7-3-4-12-13(23)5-2-6-20-12/h2,5-6,8-9,15H,3-4,7H2,1H3. The van der Waals surface area contributed by atoms with E-state index in [2.05, 4.69) is 15.1 Å². The van der Waals surface area contributed by atoms with Crippen molar-refractivity contribution in [2.45, 2.75) is 26.2 Å². The second-order valence-electron chi connectivity index (χ2n) is 5.95. The van der Waals surface area contributed by atoms with Crippen LogP contribution < -0.4 is 4.90 Å². The van der Waals surface area contributed by atoms with Crippen LogP contribution in [0.25, 0.3) is 5.65 Å². The number of aryl methyl sites for hydroxylation is 2. The molecule has 0 saturated heterocycles. The third kappa shape index (κ3) is 2.54. The van der Waals surface area contributed by atoms with Gasteiger partial charge in [-0.05, 0) is 38.0 Å². The van der Waals surface area contributed by atoms with Gasteiger partial charge in [0, 0.05) is 18.4 Å². The molecule has 0 unspecified atom stereocenters. The number of nitrogens with zero attached hydrogens (tertiary/aromatic N) is 5. The van der Waals surface area contributed by atoms with Gasteiger partial charge in [-0.3, -0.25) is 9.78 Å². The number of amides is 1. The predicted molar refractivity (Wildman–Crippen MR) is 86.9 cm³/mol. The molecular weight excluding hydrogens is 328 g/mol. The molecule has 1 aliphatic rings. The fraction of sp³-hybridized carbons (Fsp3) is 0.294. The van der Waals surface area contributed by atoms with Crippen LogP contribution in [0.5, 0.6) is 0 Å². The number of aromatic nitrogens is 4. The molecule has 1 aliphatic heterocycles. The van der Waals surface area contributed by atoms with Gasteiger partial charge >= 0.3 is 0 Å². The van der Waals surface area contributed by atoms with Gasteiger partial charge in [0.05, 0.1) is 17.6 Å². The monoisotopic (exact) mass is 343 g/mol. The molecule has 0 radical (unpaired) electrons. The summed E-state index contributed by atoms with van der Waals surface area (Å²) in [6, 6.07) is 4.89. The highest BCUT2D eigenvalue weighted by Crippen LogP contribution is 2.28. The van der Waals surface area contributed by atoms with Crippen molar-refractivity contribution < 1.29 is 13.6 Å². The highest BCUT2D eigenvalue weighted by molar-refractivity contribution is 6.10. The third-order valence-corrected chi connectivity index (χ3v) is 4.28. The first kappa shape index (κ1) is 15.6. The number of pyridine rings is 1. The van der Waals surface area contributed by atoms with Crippen molar-refractivity contribution in [3.05, 3.63) is 53.2 Å². The van der Waals surface area contributed by atoms with Crippen molar-refractivity contribution in [1.29, 1.82) is 0 Å². The van der Waals surface area contributed by atoms with E-state index < -0.39 is 6.43 Å². The second-order valence-corrected chi connectivity index (χ2v) is 5.95. The zero-order valence-corrected chi connectivity index (χ0v) is 13.5. The lowest BCUT2D eigenvalue weighted by atomic mass is 10.1. The highest BCUT2D eigenvalue weighted by atomic mass is 19.3. The molecule has 0 aromatic carbocycles. The van der Waals surface area contributed by atoms with Crippen LogP contribution in [0, 0.1) is 6.92 Å². The van der Waals surface area contributed by atoms with Crippen LogP contribution in [-0.2, 0) is 6.42 Å². The van der Waals surface area contributed by atoms with Gasteiger partial charge in [0.2, 0.25) is 0 Å². The summed E-state index contributed by atoms with van der Waals surface area (Å²) >= 11 is 0. The molecule has 0 atom stereocenters. The Balaban J connectivity index is 1.82. The van der Waals surface area contributed by atoms with Crippen LogP contribution in [0.1, 0.15) is 40.3 Å². The largest absolute Gasteiger partial charge is 0.306 e. The molecule has 0 bridgehead atoms. The molecule has 1 amide bonds. The number of hydrogen-bond donors (Lipinski definition) is 0. The lowest BCUT2D eigenvalue weighted by Crippen LogP contribution is -2.35. The minimum absolute atomic E-state index is 0.149. The summed E-state index contributed by atoms with van der Waals surface area (Å²) in [7, 11) is 0. The molecule has 0 fully saturated rings. The van der Waals surface area contributed by atoms with Crippen molar-refractivity contribution in [2.24, 2.45) is 0 Å². The number of hydrogen-bond acceptors (Lipinski definition) is 4. The maximum atomic E-state index is 13.2. The van der Waals surface area contributed by atoms with Gasteiger partial charge < -0.3 is 4.90 Å². The van der Waals surface area contributed by atoms with Gasteiger partial charge in [-0.1, -0.05) is 0 Å². The molecule has 25 heavy (non-hydrogen) atoms. The number of halogens is 2. The molecule has 3 aromatic rings. The highest BCUT2D eigenvalue weighted by Gasteiger charge is 2.28. The topological polar surface area (TPSA) is 63.4 Å². The molecule has 128 valence electrons. The number of rotatable bonds is 2. The fourth-order valence-corrected chi connectivity index (χ4v) is 3.17. The molecule has 8 heteroatoms. The molecule has 4 heterocycles. The molecule has 0 saturated carbocycles. The minimum atomic E-state index is -2.70. The second kappa shape index (κ2) is 5.87. The number of carbonyl (C=O) groups excluding carboxylic acids is 1. The van der Waals surface area contributed by atoms with Gasteiger partial charge in [0.25, 0.3) is 12.3 Å². The average molecular weight is 343 g/mol. The van der Waals surface area contributed by atoms with E-state index in [4.69, 9.17) is 0 Å². The molecule has 3 aromatic heterocycles. The Morgan fingerprint density at radius 2 is 2.20 bits per heavy atom. The normalized spacial score (nSPS) is 14.2. The summed E-state index contributed by atoms with van der Waals surface area (Å²) in [5.41, 5.74) is 2.11. The van der Waals surface area contributed by atoms with E-state index >= 15 is 0 Å². The smallest absolute Gasteiger partial charge is 0.280 e. The summed E-state index contributed by atoms with van der Waals surface area (Å²) in [6.07, 6.45) is 1.90. The maximum absolute atomic E-state index is 13.2. The lowest BCUT2D eigenvalue weighted by Gasteiger charge is -2.28. The lowest BCUT2D eigenvalue weighted by molar-refractivity contribution is 0.0986. The van der Waals surface area contributed by atoms with Gasteiger partial charge in [-0.25, -0.2) is 18.3 Å². The molecule has 6 nitrogen and oxygen atoms in total. The van der Waals surface area contributed by atoms with Crippen molar-refractivity contribution in [1.82, 2.24) is 19.6 Å². The third-order valence-electron chi connectivity index (χ3n) is 4.28. The zero-order valence-electron chi connectivity index (χ0n) is 13.5.